The number of piperazine rings is 1. The van der Waals surface area contributed by atoms with Crippen LogP contribution in [0.5, 0.6) is 0 Å². The molecule has 1 saturated heterocycles. The van der Waals surface area contributed by atoms with Crippen LogP contribution in [0.25, 0.3) is 17.0 Å². The Kier molecular flexibility index (Phi) is 5.69. The Bertz CT molecular complexity index is 954. The smallest absolute Gasteiger partial charge is 0.281 e. The summed E-state index contributed by atoms with van der Waals surface area (Å²) < 4.78 is 32.8. The molecule has 1 amide bonds. The van der Waals surface area contributed by atoms with Gasteiger partial charge in [0.2, 0.25) is 5.91 Å². The highest BCUT2D eigenvalue weighted by atomic mass is 32.2. The molecule has 146 valence electrons. The zero-order chi connectivity index (χ0) is 19.6. The zero-order valence-electron chi connectivity index (χ0n) is 15.9. The van der Waals surface area contributed by atoms with Gasteiger partial charge >= 0.3 is 0 Å². The van der Waals surface area contributed by atoms with Gasteiger partial charge in [0, 0.05) is 63.7 Å². The maximum atomic E-state index is 12.5. The first-order chi connectivity index (χ1) is 12.8. The number of carbonyl (C=O) groups excluding carboxylic acids is 1. The van der Waals surface area contributed by atoms with Crippen molar-refractivity contribution in [1.29, 1.82) is 0 Å². The summed E-state index contributed by atoms with van der Waals surface area (Å²) >= 11 is 0. The number of amides is 1. The molecule has 0 spiro atoms. The third kappa shape index (κ3) is 3.92. The second-order valence-electron chi connectivity index (χ2n) is 6.64. The van der Waals surface area contributed by atoms with E-state index in [1.165, 1.54) is 22.7 Å². The van der Waals surface area contributed by atoms with Crippen molar-refractivity contribution >= 4 is 33.2 Å². The number of hydrogen-bond donors (Lipinski definition) is 0. The topological polar surface area (TPSA) is 74.1 Å². The summed E-state index contributed by atoms with van der Waals surface area (Å²) in [5.41, 5.74) is 1.74. The maximum absolute atomic E-state index is 12.5. The lowest BCUT2D eigenvalue weighted by molar-refractivity contribution is -0.127. The largest absolute Gasteiger partial charge is 0.460 e. The molecular weight excluding hydrogens is 366 g/mol. The van der Waals surface area contributed by atoms with Crippen LogP contribution in [0.4, 0.5) is 0 Å². The van der Waals surface area contributed by atoms with E-state index in [1.807, 2.05) is 31.2 Å². The Hall–Kier alpha value is -2.16. The number of hydrogen-bond acceptors (Lipinski definition) is 4. The van der Waals surface area contributed by atoms with Crippen LogP contribution in [0.3, 0.4) is 0 Å². The van der Waals surface area contributed by atoms with Crippen LogP contribution < -0.4 is 0 Å². The van der Waals surface area contributed by atoms with Crippen LogP contribution in [-0.2, 0) is 21.4 Å². The van der Waals surface area contributed by atoms with Gasteiger partial charge in [-0.2, -0.15) is 17.0 Å². The Balaban J connectivity index is 1.70. The van der Waals surface area contributed by atoms with Crippen LogP contribution in [0.15, 0.2) is 34.8 Å². The quantitative estimate of drug-likeness (QED) is 0.731. The molecule has 0 aliphatic carbocycles. The van der Waals surface area contributed by atoms with E-state index in [2.05, 4.69) is 0 Å². The number of nitrogens with zero attached hydrogens (tertiary/aromatic N) is 3. The Morgan fingerprint density at radius 3 is 2.48 bits per heavy atom. The Morgan fingerprint density at radius 1 is 1.19 bits per heavy atom. The van der Waals surface area contributed by atoms with Gasteiger partial charge in [0.1, 0.15) is 11.3 Å². The maximum Gasteiger partial charge on any atom is 0.281 e. The van der Waals surface area contributed by atoms with Crippen molar-refractivity contribution in [3.63, 3.8) is 0 Å². The molecule has 0 N–H and O–H groups in total. The molecule has 0 bridgehead atoms. The van der Waals surface area contributed by atoms with Gasteiger partial charge in [0.15, 0.2) is 0 Å². The first-order valence-electron chi connectivity index (χ1n) is 8.99. The number of fused-ring (bicyclic) bond motifs is 1. The van der Waals surface area contributed by atoms with Crippen LogP contribution in [0, 0.1) is 0 Å². The highest BCUT2D eigenvalue weighted by Crippen LogP contribution is 2.27. The van der Waals surface area contributed by atoms with E-state index in [4.69, 9.17) is 4.42 Å². The predicted octanol–water partition coefficient (Wildman–Crippen LogP) is 1.96. The van der Waals surface area contributed by atoms with Crippen LogP contribution in [0.1, 0.15) is 18.2 Å². The minimum absolute atomic E-state index is 0.121. The average molecular weight is 391 g/mol. The van der Waals surface area contributed by atoms with Crippen molar-refractivity contribution in [1.82, 2.24) is 13.5 Å². The molecule has 1 aliphatic heterocycles. The monoisotopic (exact) mass is 391 g/mol. The highest BCUT2D eigenvalue weighted by Gasteiger charge is 2.29. The molecule has 1 fully saturated rings. The molecule has 27 heavy (non-hydrogen) atoms. The van der Waals surface area contributed by atoms with Crippen molar-refractivity contribution in [3.05, 3.63) is 41.7 Å². The van der Waals surface area contributed by atoms with Crippen molar-refractivity contribution in [2.24, 2.45) is 0 Å². The van der Waals surface area contributed by atoms with Crippen molar-refractivity contribution < 1.29 is 17.6 Å². The lowest BCUT2D eigenvalue weighted by Crippen LogP contribution is -2.52. The number of furan rings is 1. The number of aryl methyl sites for hydroxylation is 1. The number of rotatable bonds is 5. The standard InChI is InChI=1S/C19H25N3O4S/c1-4-17-16(15-7-5-6-8-18(15)26-17)9-10-19(23)21-11-13-22(14-12-21)27(24,25)20(2)3/h5-10H,4,11-14H2,1-3H3/b10-9+. The Labute approximate surface area is 160 Å². The van der Waals surface area contributed by atoms with Crippen molar-refractivity contribution in [2.75, 3.05) is 40.3 Å². The summed E-state index contributed by atoms with van der Waals surface area (Å²) in [5, 5.41) is 0.986. The minimum atomic E-state index is -3.43. The van der Waals surface area contributed by atoms with Crippen molar-refractivity contribution in [2.45, 2.75) is 13.3 Å². The van der Waals surface area contributed by atoms with E-state index >= 15 is 0 Å². The molecule has 0 saturated carbocycles. The SMILES string of the molecule is CCc1oc2ccccc2c1/C=C/C(=O)N1CCN(S(=O)(=O)N(C)C)CC1. The summed E-state index contributed by atoms with van der Waals surface area (Å²) in [6, 6.07) is 7.76. The van der Waals surface area contributed by atoms with E-state index in [1.54, 1.807) is 17.1 Å². The lowest BCUT2D eigenvalue weighted by atomic mass is 10.1. The van der Waals surface area contributed by atoms with Crippen LogP contribution in [-0.4, -0.2) is 68.1 Å². The highest BCUT2D eigenvalue weighted by molar-refractivity contribution is 7.86. The van der Waals surface area contributed by atoms with Crippen LogP contribution in [0.2, 0.25) is 0 Å². The molecule has 3 rings (SSSR count). The molecule has 1 aromatic carbocycles. The second-order valence-corrected chi connectivity index (χ2v) is 8.78. The molecule has 1 aromatic heterocycles. The summed E-state index contributed by atoms with van der Waals surface area (Å²) in [5.74, 6) is 0.728. The van der Waals surface area contributed by atoms with E-state index in [0.29, 0.717) is 26.2 Å². The molecule has 0 radical (unpaired) electrons. The predicted molar refractivity (Wildman–Crippen MR) is 105 cm³/mol. The number of carbonyl (C=O) groups is 1. The lowest BCUT2D eigenvalue weighted by Gasteiger charge is -2.34. The first kappa shape index (κ1) is 19.6. The van der Waals surface area contributed by atoms with E-state index in [9.17, 15) is 13.2 Å². The van der Waals surface area contributed by atoms with Gasteiger partial charge in [-0.05, 0) is 12.1 Å². The molecule has 0 atom stereocenters. The molecular formula is C19H25N3O4S. The fourth-order valence-corrected chi connectivity index (χ4v) is 4.28. The molecule has 2 aromatic rings. The second kappa shape index (κ2) is 7.84. The van der Waals surface area contributed by atoms with E-state index in [0.717, 1.165) is 28.7 Å². The van der Waals surface area contributed by atoms with Gasteiger partial charge < -0.3 is 9.32 Å². The Morgan fingerprint density at radius 2 is 1.85 bits per heavy atom. The summed E-state index contributed by atoms with van der Waals surface area (Å²) in [7, 11) is -0.412. The normalized spacial score (nSPS) is 16.7. The average Bonchev–Trinajstić information content (AvgIpc) is 3.03. The third-order valence-corrected chi connectivity index (χ3v) is 6.70. The van der Waals surface area contributed by atoms with E-state index < -0.39 is 10.2 Å². The van der Waals surface area contributed by atoms with Gasteiger partial charge in [-0.25, -0.2) is 0 Å². The van der Waals surface area contributed by atoms with Crippen molar-refractivity contribution in [3.8, 4) is 0 Å². The fraction of sp³-hybridized carbons (Fsp3) is 0.421. The van der Waals surface area contributed by atoms with Gasteiger partial charge in [0.05, 0.1) is 0 Å². The fourth-order valence-electron chi connectivity index (χ4n) is 3.19. The van der Waals surface area contributed by atoms with Gasteiger partial charge in [0.25, 0.3) is 10.2 Å². The summed E-state index contributed by atoms with van der Waals surface area (Å²) in [6.07, 6.45) is 4.09. The molecule has 8 heteroatoms. The minimum Gasteiger partial charge on any atom is -0.460 e. The van der Waals surface area contributed by atoms with Gasteiger partial charge in [-0.1, -0.05) is 25.1 Å². The van der Waals surface area contributed by atoms with Gasteiger partial charge in [-0.15, -0.1) is 0 Å². The molecule has 2 heterocycles. The van der Waals surface area contributed by atoms with Gasteiger partial charge in [-0.3, -0.25) is 4.79 Å². The van der Waals surface area contributed by atoms with E-state index in [-0.39, 0.29) is 5.91 Å². The number of benzene rings is 1. The summed E-state index contributed by atoms with van der Waals surface area (Å²) in [4.78, 5) is 14.2. The molecule has 1 aliphatic rings. The number of para-hydroxylation sites is 1. The van der Waals surface area contributed by atoms with Crippen LogP contribution >= 0.6 is 0 Å². The first-order valence-corrected chi connectivity index (χ1v) is 10.4. The molecule has 0 unspecified atom stereocenters. The molecule has 7 nitrogen and oxygen atoms in total. The summed E-state index contributed by atoms with van der Waals surface area (Å²) in [6.45, 7) is 3.37. The zero-order valence-corrected chi connectivity index (χ0v) is 16.7. The third-order valence-electron chi connectivity index (χ3n) is 4.76.